The van der Waals surface area contributed by atoms with Crippen LogP contribution in [-0.2, 0) is 13.0 Å². The molecule has 2 unspecified atom stereocenters. The van der Waals surface area contributed by atoms with Gasteiger partial charge < -0.3 is 10.6 Å². The molecule has 0 radical (unpaired) electrons. The Bertz CT molecular complexity index is 441. The molecule has 1 saturated carbocycles. The zero-order valence-corrected chi connectivity index (χ0v) is 12.8. The van der Waals surface area contributed by atoms with Crippen LogP contribution in [0.1, 0.15) is 50.2 Å². The first-order valence-corrected chi connectivity index (χ1v) is 8.38. The molecule has 0 amide bonds. The Kier molecular flexibility index (Phi) is 4.62. The summed E-state index contributed by atoms with van der Waals surface area (Å²) < 4.78 is 0. The summed E-state index contributed by atoms with van der Waals surface area (Å²) in [4.78, 5) is 0. The second-order valence-electron chi connectivity index (χ2n) is 6.75. The highest BCUT2D eigenvalue weighted by Crippen LogP contribution is 2.29. The number of fused-ring (bicyclic) bond motifs is 1. The molecule has 2 heteroatoms. The quantitative estimate of drug-likeness (QED) is 0.867. The first-order chi connectivity index (χ1) is 9.83. The van der Waals surface area contributed by atoms with Gasteiger partial charge in [-0.1, -0.05) is 38.0 Å². The lowest BCUT2D eigenvalue weighted by atomic mass is 9.82. The van der Waals surface area contributed by atoms with E-state index in [-0.39, 0.29) is 0 Å². The van der Waals surface area contributed by atoms with Crippen LogP contribution < -0.4 is 10.6 Å². The van der Waals surface area contributed by atoms with Crippen LogP contribution in [0.2, 0.25) is 0 Å². The molecule has 20 heavy (non-hydrogen) atoms. The van der Waals surface area contributed by atoms with Gasteiger partial charge in [-0.25, -0.2) is 0 Å². The van der Waals surface area contributed by atoms with Crippen LogP contribution in [0.4, 0.5) is 5.69 Å². The Morgan fingerprint density at radius 2 is 2.20 bits per heavy atom. The van der Waals surface area contributed by atoms with Gasteiger partial charge in [0.15, 0.2) is 0 Å². The summed E-state index contributed by atoms with van der Waals surface area (Å²) in [6.07, 6.45) is 8.20. The Labute approximate surface area is 123 Å². The smallest absolute Gasteiger partial charge is 0.0418 e. The van der Waals surface area contributed by atoms with E-state index in [0.29, 0.717) is 0 Å². The second-order valence-corrected chi connectivity index (χ2v) is 6.75. The highest BCUT2D eigenvalue weighted by Gasteiger charge is 2.18. The minimum atomic E-state index is 0.895. The molecule has 1 heterocycles. The number of hydrogen-bond donors (Lipinski definition) is 2. The van der Waals surface area contributed by atoms with Gasteiger partial charge in [-0.3, -0.25) is 0 Å². The van der Waals surface area contributed by atoms with Crippen LogP contribution in [0.25, 0.3) is 0 Å². The standard InChI is InChI=1S/C18H28N2/c1-14-5-2-6-15(11-14)12-19-13-17-8-3-7-16-9-4-10-20-18(16)17/h3,7-8,14-15,19-20H,2,4-6,9-13H2,1H3. The fraction of sp³-hybridized carbons (Fsp3) is 0.667. The molecule has 3 rings (SSSR count). The zero-order chi connectivity index (χ0) is 13.8. The number of aryl methyl sites for hydroxylation is 1. The lowest BCUT2D eigenvalue weighted by Crippen LogP contribution is -2.27. The molecule has 1 aliphatic carbocycles. The van der Waals surface area contributed by atoms with Crippen molar-refractivity contribution < 1.29 is 0 Å². The van der Waals surface area contributed by atoms with Crippen LogP contribution in [-0.4, -0.2) is 13.1 Å². The summed E-state index contributed by atoms with van der Waals surface area (Å²) in [7, 11) is 0. The lowest BCUT2D eigenvalue weighted by Gasteiger charge is -2.27. The normalized spacial score (nSPS) is 25.9. The molecule has 1 aliphatic heterocycles. The minimum absolute atomic E-state index is 0.895. The molecule has 2 atom stereocenters. The molecular formula is C18H28N2. The molecule has 1 fully saturated rings. The van der Waals surface area contributed by atoms with Gasteiger partial charge in [0.05, 0.1) is 0 Å². The molecule has 0 aromatic heterocycles. The number of anilines is 1. The van der Waals surface area contributed by atoms with Gasteiger partial charge in [-0.2, -0.15) is 0 Å². The summed E-state index contributed by atoms with van der Waals surface area (Å²) in [5, 5.41) is 7.29. The van der Waals surface area contributed by atoms with E-state index >= 15 is 0 Å². The molecular weight excluding hydrogens is 244 g/mol. The molecule has 1 aromatic rings. The Hall–Kier alpha value is -1.02. The molecule has 2 aliphatic rings. The van der Waals surface area contributed by atoms with Gasteiger partial charge in [0.2, 0.25) is 0 Å². The van der Waals surface area contributed by atoms with E-state index in [2.05, 4.69) is 35.8 Å². The Balaban J connectivity index is 1.53. The van der Waals surface area contributed by atoms with Crippen molar-refractivity contribution in [3.8, 4) is 0 Å². The minimum Gasteiger partial charge on any atom is -0.385 e. The van der Waals surface area contributed by atoms with Crippen LogP contribution in [0.3, 0.4) is 0 Å². The maximum atomic E-state index is 3.70. The molecule has 2 nitrogen and oxygen atoms in total. The van der Waals surface area contributed by atoms with E-state index in [4.69, 9.17) is 0 Å². The second kappa shape index (κ2) is 6.62. The molecule has 2 N–H and O–H groups in total. The largest absolute Gasteiger partial charge is 0.385 e. The summed E-state index contributed by atoms with van der Waals surface area (Å²) in [6.45, 7) is 5.74. The van der Waals surface area contributed by atoms with Crippen molar-refractivity contribution >= 4 is 5.69 Å². The zero-order valence-electron chi connectivity index (χ0n) is 12.8. The van der Waals surface area contributed by atoms with Crippen molar-refractivity contribution in [3.05, 3.63) is 29.3 Å². The highest BCUT2D eigenvalue weighted by molar-refractivity contribution is 5.59. The van der Waals surface area contributed by atoms with Crippen LogP contribution in [0.5, 0.6) is 0 Å². The predicted octanol–water partition coefficient (Wildman–Crippen LogP) is 3.96. The predicted molar refractivity (Wildman–Crippen MR) is 86.1 cm³/mol. The van der Waals surface area contributed by atoms with Gasteiger partial charge >= 0.3 is 0 Å². The van der Waals surface area contributed by atoms with Gasteiger partial charge in [-0.05, 0) is 55.2 Å². The number of para-hydroxylation sites is 1. The van der Waals surface area contributed by atoms with Crippen molar-refractivity contribution in [2.75, 3.05) is 18.4 Å². The van der Waals surface area contributed by atoms with Gasteiger partial charge in [0, 0.05) is 18.8 Å². The first-order valence-electron chi connectivity index (χ1n) is 8.38. The van der Waals surface area contributed by atoms with Crippen LogP contribution in [0, 0.1) is 11.8 Å². The number of benzene rings is 1. The Morgan fingerprint density at radius 1 is 1.25 bits per heavy atom. The highest BCUT2D eigenvalue weighted by atomic mass is 14.9. The van der Waals surface area contributed by atoms with Crippen LogP contribution in [0.15, 0.2) is 18.2 Å². The summed E-state index contributed by atoms with van der Waals surface area (Å²) >= 11 is 0. The van der Waals surface area contributed by atoms with Crippen molar-refractivity contribution in [3.63, 3.8) is 0 Å². The molecule has 0 spiro atoms. The van der Waals surface area contributed by atoms with Gasteiger partial charge in [0.1, 0.15) is 0 Å². The fourth-order valence-electron chi connectivity index (χ4n) is 3.88. The molecule has 0 bridgehead atoms. The van der Waals surface area contributed by atoms with Crippen molar-refractivity contribution in [1.29, 1.82) is 0 Å². The summed E-state index contributed by atoms with van der Waals surface area (Å²) in [5.41, 5.74) is 4.36. The van der Waals surface area contributed by atoms with E-state index in [0.717, 1.165) is 24.9 Å². The third-order valence-corrected chi connectivity index (χ3v) is 4.96. The number of nitrogens with one attached hydrogen (secondary N) is 2. The van der Waals surface area contributed by atoms with Crippen molar-refractivity contribution in [1.82, 2.24) is 5.32 Å². The monoisotopic (exact) mass is 272 g/mol. The van der Waals surface area contributed by atoms with E-state index in [1.165, 1.54) is 61.9 Å². The first kappa shape index (κ1) is 13.9. The summed E-state index contributed by atoms with van der Waals surface area (Å²) in [5.74, 6) is 1.83. The maximum absolute atomic E-state index is 3.70. The molecule has 1 aromatic carbocycles. The maximum Gasteiger partial charge on any atom is 0.0418 e. The average molecular weight is 272 g/mol. The SMILES string of the molecule is CC1CCCC(CNCc2cccc3c2NCCC3)C1. The lowest BCUT2D eigenvalue weighted by molar-refractivity contribution is 0.274. The van der Waals surface area contributed by atoms with Crippen LogP contribution >= 0.6 is 0 Å². The fourth-order valence-corrected chi connectivity index (χ4v) is 3.88. The number of hydrogen-bond acceptors (Lipinski definition) is 2. The van der Waals surface area contributed by atoms with Crippen molar-refractivity contribution in [2.45, 2.75) is 52.0 Å². The van der Waals surface area contributed by atoms with Gasteiger partial charge in [0.25, 0.3) is 0 Å². The Morgan fingerprint density at radius 3 is 3.10 bits per heavy atom. The molecule has 110 valence electrons. The third kappa shape index (κ3) is 3.35. The van der Waals surface area contributed by atoms with E-state index in [1.54, 1.807) is 0 Å². The van der Waals surface area contributed by atoms with E-state index in [9.17, 15) is 0 Å². The van der Waals surface area contributed by atoms with Gasteiger partial charge in [-0.15, -0.1) is 0 Å². The van der Waals surface area contributed by atoms with Crippen molar-refractivity contribution in [2.24, 2.45) is 11.8 Å². The van der Waals surface area contributed by atoms with E-state index in [1.807, 2.05) is 0 Å². The topological polar surface area (TPSA) is 24.1 Å². The molecule has 0 saturated heterocycles. The summed E-state index contributed by atoms with van der Waals surface area (Å²) in [6, 6.07) is 6.76. The number of rotatable bonds is 4. The average Bonchev–Trinajstić information content (AvgIpc) is 2.48. The third-order valence-electron chi connectivity index (χ3n) is 4.96. The van der Waals surface area contributed by atoms with E-state index < -0.39 is 0 Å².